The minimum Gasteiger partial charge on any atom is -0.289 e. The molecule has 3 aromatic rings. The molecular formula is C18H19N5O. The van der Waals surface area contributed by atoms with Gasteiger partial charge in [0.15, 0.2) is 0 Å². The van der Waals surface area contributed by atoms with Gasteiger partial charge in [-0.05, 0) is 30.5 Å². The summed E-state index contributed by atoms with van der Waals surface area (Å²) in [4.78, 5) is 20.5. The standard InChI is InChI=1S/C18H19N5O/c1-13-7-6-8-14(2)16(13)23-12-19-17(21-18(23)24)22-20-11-15-9-4-3-5-10-15/h3-10,12,20H,11H2,1-2H3,(H,21,22,24). The lowest BCUT2D eigenvalue weighted by atomic mass is 10.1. The Morgan fingerprint density at radius 2 is 1.71 bits per heavy atom. The molecule has 0 aliphatic rings. The van der Waals surface area contributed by atoms with Crippen molar-refractivity contribution >= 4 is 5.95 Å². The van der Waals surface area contributed by atoms with Gasteiger partial charge >= 0.3 is 5.69 Å². The predicted molar refractivity (Wildman–Crippen MR) is 94.0 cm³/mol. The summed E-state index contributed by atoms with van der Waals surface area (Å²) < 4.78 is 1.47. The van der Waals surface area contributed by atoms with E-state index in [2.05, 4.69) is 20.8 Å². The quantitative estimate of drug-likeness (QED) is 0.706. The van der Waals surface area contributed by atoms with Crippen LogP contribution in [0.2, 0.25) is 0 Å². The SMILES string of the molecule is Cc1cccc(C)c1-n1cnc(NNCc2ccccc2)nc1=O. The molecule has 0 atom stereocenters. The van der Waals surface area contributed by atoms with Gasteiger partial charge in [-0.15, -0.1) is 0 Å². The number of aromatic nitrogens is 3. The molecule has 0 unspecified atom stereocenters. The number of rotatable bonds is 5. The first-order valence-corrected chi connectivity index (χ1v) is 7.70. The van der Waals surface area contributed by atoms with E-state index in [-0.39, 0.29) is 11.6 Å². The Morgan fingerprint density at radius 3 is 2.38 bits per heavy atom. The molecule has 2 aromatic carbocycles. The lowest BCUT2D eigenvalue weighted by Crippen LogP contribution is -2.28. The van der Waals surface area contributed by atoms with Crippen molar-refractivity contribution < 1.29 is 0 Å². The molecule has 1 heterocycles. The minimum atomic E-state index is -0.369. The van der Waals surface area contributed by atoms with E-state index in [4.69, 9.17) is 0 Å². The van der Waals surface area contributed by atoms with E-state index >= 15 is 0 Å². The van der Waals surface area contributed by atoms with Crippen molar-refractivity contribution in [1.29, 1.82) is 0 Å². The molecule has 0 bridgehead atoms. The van der Waals surface area contributed by atoms with Gasteiger partial charge in [-0.3, -0.25) is 9.99 Å². The van der Waals surface area contributed by atoms with Crippen LogP contribution >= 0.6 is 0 Å². The molecule has 122 valence electrons. The van der Waals surface area contributed by atoms with E-state index in [1.807, 2.05) is 62.4 Å². The van der Waals surface area contributed by atoms with Crippen molar-refractivity contribution in [3.05, 3.63) is 82.0 Å². The van der Waals surface area contributed by atoms with Crippen molar-refractivity contribution in [2.75, 3.05) is 5.43 Å². The van der Waals surface area contributed by atoms with E-state index in [1.54, 1.807) is 0 Å². The number of para-hydroxylation sites is 1. The summed E-state index contributed by atoms with van der Waals surface area (Å²) in [5.74, 6) is 0.249. The van der Waals surface area contributed by atoms with Gasteiger partial charge in [-0.1, -0.05) is 48.5 Å². The van der Waals surface area contributed by atoms with Crippen LogP contribution in [0.4, 0.5) is 5.95 Å². The Bertz CT molecular complexity index is 869. The van der Waals surface area contributed by atoms with Crippen LogP contribution in [0.15, 0.2) is 59.7 Å². The van der Waals surface area contributed by atoms with Gasteiger partial charge in [0.05, 0.1) is 5.69 Å². The summed E-state index contributed by atoms with van der Waals surface area (Å²) >= 11 is 0. The number of anilines is 1. The first-order chi connectivity index (χ1) is 11.6. The Hall–Kier alpha value is -2.99. The highest BCUT2D eigenvalue weighted by Gasteiger charge is 2.08. The van der Waals surface area contributed by atoms with Crippen molar-refractivity contribution in [3.63, 3.8) is 0 Å². The highest BCUT2D eigenvalue weighted by atomic mass is 16.1. The van der Waals surface area contributed by atoms with Gasteiger partial charge in [-0.2, -0.15) is 4.98 Å². The predicted octanol–water partition coefficient (Wildman–Crippen LogP) is 2.36. The van der Waals surface area contributed by atoms with Crippen molar-refractivity contribution in [3.8, 4) is 5.69 Å². The second-order valence-corrected chi connectivity index (χ2v) is 5.54. The largest absolute Gasteiger partial charge is 0.356 e. The molecule has 3 rings (SSSR count). The first-order valence-electron chi connectivity index (χ1n) is 7.70. The van der Waals surface area contributed by atoms with Crippen LogP contribution in [0, 0.1) is 13.8 Å². The Kier molecular flexibility index (Phi) is 4.67. The number of hydrogen-bond acceptors (Lipinski definition) is 5. The number of aryl methyl sites for hydroxylation is 2. The highest BCUT2D eigenvalue weighted by Crippen LogP contribution is 2.16. The molecule has 24 heavy (non-hydrogen) atoms. The van der Waals surface area contributed by atoms with Crippen molar-refractivity contribution in [1.82, 2.24) is 20.0 Å². The lowest BCUT2D eigenvalue weighted by Gasteiger charge is -2.12. The highest BCUT2D eigenvalue weighted by molar-refractivity contribution is 5.46. The van der Waals surface area contributed by atoms with E-state index in [0.717, 1.165) is 22.4 Å². The smallest absolute Gasteiger partial charge is 0.289 e. The normalized spacial score (nSPS) is 10.6. The zero-order chi connectivity index (χ0) is 16.9. The topological polar surface area (TPSA) is 71.8 Å². The van der Waals surface area contributed by atoms with Crippen molar-refractivity contribution in [2.24, 2.45) is 0 Å². The third kappa shape index (κ3) is 3.49. The van der Waals surface area contributed by atoms with Crippen LogP contribution in [0.25, 0.3) is 5.69 Å². The summed E-state index contributed by atoms with van der Waals surface area (Å²) in [7, 11) is 0. The van der Waals surface area contributed by atoms with E-state index in [1.165, 1.54) is 10.9 Å². The van der Waals surface area contributed by atoms with Crippen LogP contribution in [0.1, 0.15) is 16.7 Å². The molecule has 2 N–H and O–H groups in total. The molecule has 6 heteroatoms. The number of nitrogens with zero attached hydrogens (tertiary/aromatic N) is 3. The monoisotopic (exact) mass is 321 g/mol. The molecule has 0 aliphatic heterocycles. The molecule has 0 aliphatic carbocycles. The molecule has 0 fully saturated rings. The van der Waals surface area contributed by atoms with E-state index in [0.29, 0.717) is 6.54 Å². The first kappa shape index (κ1) is 15.9. The molecule has 0 saturated heterocycles. The second kappa shape index (κ2) is 7.06. The summed E-state index contributed by atoms with van der Waals surface area (Å²) in [5.41, 5.74) is 9.44. The average molecular weight is 321 g/mol. The molecule has 0 radical (unpaired) electrons. The Morgan fingerprint density at radius 1 is 1.00 bits per heavy atom. The fourth-order valence-electron chi connectivity index (χ4n) is 2.56. The average Bonchev–Trinajstić information content (AvgIpc) is 2.57. The summed E-state index contributed by atoms with van der Waals surface area (Å²) in [6, 6.07) is 15.8. The van der Waals surface area contributed by atoms with Crippen LogP contribution in [-0.2, 0) is 6.54 Å². The molecular weight excluding hydrogens is 302 g/mol. The maximum absolute atomic E-state index is 12.3. The number of hydrazine groups is 1. The second-order valence-electron chi connectivity index (χ2n) is 5.54. The third-order valence-electron chi connectivity index (χ3n) is 3.72. The zero-order valence-electron chi connectivity index (χ0n) is 13.7. The maximum Gasteiger partial charge on any atom is 0.356 e. The van der Waals surface area contributed by atoms with Gasteiger partial charge in [0.25, 0.3) is 0 Å². The van der Waals surface area contributed by atoms with E-state index < -0.39 is 0 Å². The minimum absolute atomic E-state index is 0.249. The lowest BCUT2D eigenvalue weighted by molar-refractivity contribution is 0.765. The van der Waals surface area contributed by atoms with Crippen LogP contribution in [0.3, 0.4) is 0 Å². The van der Waals surface area contributed by atoms with Crippen molar-refractivity contribution in [2.45, 2.75) is 20.4 Å². The Labute approximate surface area is 140 Å². The number of hydrogen-bond donors (Lipinski definition) is 2. The molecule has 0 amide bonds. The van der Waals surface area contributed by atoms with Gasteiger partial charge in [-0.25, -0.2) is 15.2 Å². The number of benzene rings is 2. The maximum atomic E-state index is 12.3. The fraction of sp³-hybridized carbons (Fsp3) is 0.167. The zero-order valence-corrected chi connectivity index (χ0v) is 13.7. The van der Waals surface area contributed by atoms with E-state index in [9.17, 15) is 4.79 Å². The van der Waals surface area contributed by atoms with Crippen LogP contribution < -0.4 is 16.5 Å². The fourth-order valence-corrected chi connectivity index (χ4v) is 2.56. The number of nitrogens with one attached hydrogen (secondary N) is 2. The summed E-state index contributed by atoms with van der Waals surface area (Å²) in [6.45, 7) is 4.52. The molecule has 6 nitrogen and oxygen atoms in total. The third-order valence-corrected chi connectivity index (χ3v) is 3.72. The molecule has 0 spiro atoms. The van der Waals surface area contributed by atoms with Gasteiger partial charge in [0.1, 0.15) is 6.33 Å². The molecule has 1 aromatic heterocycles. The summed E-state index contributed by atoms with van der Waals surface area (Å²) in [5, 5.41) is 0. The van der Waals surface area contributed by atoms with Crippen LogP contribution in [-0.4, -0.2) is 14.5 Å². The molecule has 0 saturated carbocycles. The Balaban J connectivity index is 1.74. The van der Waals surface area contributed by atoms with Gasteiger partial charge < -0.3 is 0 Å². The van der Waals surface area contributed by atoms with Gasteiger partial charge in [0.2, 0.25) is 5.95 Å². The van der Waals surface area contributed by atoms with Crippen LogP contribution in [0.5, 0.6) is 0 Å². The summed E-state index contributed by atoms with van der Waals surface area (Å²) in [6.07, 6.45) is 1.50. The van der Waals surface area contributed by atoms with Gasteiger partial charge in [0, 0.05) is 6.54 Å².